The number of halogens is 1. The maximum Gasteiger partial charge on any atom is 0.329 e. The molecule has 0 heterocycles. The third-order valence-corrected chi connectivity index (χ3v) is 4.99. The van der Waals surface area contributed by atoms with Crippen LogP contribution in [-0.2, 0) is 14.4 Å². The van der Waals surface area contributed by atoms with Crippen LogP contribution in [0.25, 0.3) is 0 Å². The van der Waals surface area contributed by atoms with Crippen LogP contribution in [0, 0.1) is 6.92 Å². The maximum absolute atomic E-state index is 12.2. The normalized spacial score (nSPS) is 11.5. The molecule has 0 radical (unpaired) electrons. The lowest BCUT2D eigenvalue weighted by atomic mass is 10.2. The molecule has 1 atom stereocenters. The van der Waals surface area contributed by atoms with Gasteiger partial charge in [0.25, 0.3) is 5.91 Å². The van der Waals surface area contributed by atoms with E-state index in [1.54, 1.807) is 37.3 Å². The Hall–Kier alpha value is -3.59. The number of anilines is 1. The van der Waals surface area contributed by atoms with Crippen LogP contribution in [0.2, 0.25) is 5.02 Å². The standard InChI is InChI=1S/C23H27ClN4O5/c1-5-15(3)26-22(30)23(31)28-25-12-16-7-9-19(20(10-16)32-4)33-13-21(29)27-17-8-6-14(2)18(24)11-17/h6-12,15H,5,13H2,1-4H3,(H,26,30)(H,27,29)(H,28,31)/b25-12-/t15-/m1/s1. The number of hydrogen-bond acceptors (Lipinski definition) is 6. The number of nitrogens with zero attached hydrogens (tertiary/aromatic N) is 1. The van der Waals surface area contributed by atoms with E-state index in [-0.39, 0.29) is 18.6 Å². The molecule has 0 fully saturated rings. The molecule has 0 aliphatic carbocycles. The predicted octanol–water partition coefficient (Wildman–Crippen LogP) is 3.04. The van der Waals surface area contributed by atoms with E-state index in [0.29, 0.717) is 34.2 Å². The van der Waals surface area contributed by atoms with Crippen molar-refractivity contribution in [1.82, 2.24) is 10.7 Å². The Labute approximate surface area is 197 Å². The first-order chi connectivity index (χ1) is 15.7. The molecular formula is C23H27ClN4O5. The Balaban J connectivity index is 1.92. The van der Waals surface area contributed by atoms with E-state index in [0.717, 1.165) is 5.56 Å². The summed E-state index contributed by atoms with van der Waals surface area (Å²) in [5.41, 5.74) is 4.23. The lowest BCUT2D eigenvalue weighted by Crippen LogP contribution is -2.41. The third kappa shape index (κ3) is 8.12. The summed E-state index contributed by atoms with van der Waals surface area (Å²) in [6.07, 6.45) is 2.06. The van der Waals surface area contributed by atoms with E-state index < -0.39 is 11.8 Å². The summed E-state index contributed by atoms with van der Waals surface area (Å²) in [6.45, 7) is 5.33. The minimum absolute atomic E-state index is 0.110. The quantitative estimate of drug-likeness (QED) is 0.293. The zero-order chi connectivity index (χ0) is 24.4. The van der Waals surface area contributed by atoms with Gasteiger partial charge in [0.2, 0.25) is 0 Å². The summed E-state index contributed by atoms with van der Waals surface area (Å²) < 4.78 is 10.9. The average Bonchev–Trinajstić information content (AvgIpc) is 2.80. The zero-order valence-corrected chi connectivity index (χ0v) is 19.7. The first-order valence-electron chi connectivity index (χ1n) is 10.2. The molecule has 0 bridgehead atoms. The predicted molar refractivity (Wildman–Crippen MR) is 127 cm³/mol. The van der Waals surface area contributed by atoms with Gasteiger partial charge in [0.15, 0.2) is 18.1 Å². The maximum atomic E-state index is 12.2. The molecule has 0 unspecified atom stereocenters. The molecule has 0 aromatic heterocycles. The van der Waals surface area contributed by atoms with Gasteiger partial charge in [-0.3, -0.25) is 14.4 Å². The van der Waals surface area contributed by atoms with Crippen molar-refractivity contribution in [3.8, 4) is 11.5 Å². The van der Waals surface area contributed by atoms with Crippen molar-refractivity contribution in [3.05, 3.63) is 52.5 Å². The number of carbonyl (C=O) groups excluding carboxylic acids is 3. The van der Waals surface area contributed by atoms with Crippen LogP contribution in [0.3, 0.4) is 0 Å². The van der Waals surface area contributed by atoms with Gasteiger partial charge in [-0.2, -0.15) is 5.10 Å². The Kier molecular flexibility index (Phi) is 9.68. The molecule has 3 N–H and O–H groups in total. The Morgan fingerprint density at radius 1 is 1.12 bits per heavy atom. The second kappa shape index (κ2) is 12.4. The Morgan fingerprint density at radius 2 is 1.88 bits per heavy atom. The van der Waals surface area contributed by atoms with Crippen LogP contribution < -0.4 is 25.5 Å². The van der Waals surface area contributed by atoms with Crippen LogP contribution in [0.5, 0.6) is 11.5 Å². The summed E-state index contributed by atoms with van der Waals surface area (Å²) in [5, 5.41) is 9.59. The van der Waals surface area contributed by atoms with E-state index in [4.69, 9.17) is 21.1 Å². The highest BCUT2D eigenvalue weighted by atomic mass is 35.5. The van der Waals surface area contributed by atoms with Gasteiger partial charge < -0.3 is 20.1 Å². The molecule has 176 valence electrons. The molecule has 2 aromatic rings. The molecule has 0 saturated heterocycles. The van der Waals surface area contributed by atoms with Gasteiger partial charge in [-0.1, -0.05) is 24.6 Å². The van der Waals surface area contributed by atoms with Gasteiger partial charge in [-0.25, -0.2) is 5.43 Å². The molecule has 0 aliphatic rings. The van der Waals surface area contributed by atoms with E-state index in [9.17, 15) is 14.4 Å². The molecule has 3 amide bonds. The number of nitrogens with one attached hydrogen (secondary N) is 3. The number of hydrazone groups is 1. The number of carbonyl (C=O) groups is 3. The van der Waals surface area contributed by atoms with Crippen molar-refractivity contribution < 1.29 is 23.9 Å². The number of methoxy groups -OCH3 is 1. The monoisotopic (exact) mass is 474 g/mol. The summed E-state index contributed by atoms with van der Waals surface area (Å²) in [5.74, 6) is -1.26. The van der Waals surface area contributed by atoms with Crippen molar-refractivity contribution in [2.75, 3.05) is 19.0 Å². The van der Waals surface area contributed by atoms with Crippen LogP contribution in [0.1, 0.15) is 31.4 Å². The highest BCUT2D eigenvalue weighted by Crippen LogP contribution is 2.27. The lowest BCUT2D eigenvalue weighted by Gasteiger charge is -2.12. The van der Waals surface area contributed by atoms with Gasteiger partial charge >= 0.3 is 11.8 Å². The van der Waals surface area contributed by atoms with Crippen LogP contribution in [0.4, 0.5) is 5.69 Å². The SMILES string of the molecule is CC[C@@H](C)NC(=O)C(=O)N/N=C\c1ccc(OCC(=O)Nc2ccc(C)c(Cl)c2)c(OC)c1. The summed E-state index contributed by atoms with van der Waals surface area (Å²) in [7, 11) is 1.46. The minimum Gasteiger partial charge on any atom is -0.493 e. The number of benzene rings is 2. The molecule has 10 heteroatoms. The van der Waals surface area contributed by atoms with Gasteiger partial charge in [0.1, 0.15) is 0 Å². The van der Waals surface area contributed by atoms with Crippen molar-refractivity contribution in [2.45, 2.75) is 33.2 Å². The largest absolute Gasteiger partial charge is 0.493 e. The third-order valence-electron chi connectivity index (χ3n) is 4.58. The van der Waals surface area contributed by atoms with Crippen LogP contribution in [0.15, 0.2) is 41.5 Å². The zero-order valence-electron chi connectivity index (χ0n) is 18.9. The summed E-state index contributed by atoms with van der Waals surface area (Å²) >= 11 is 6.07. The molecule has 2 aromatic carbocycles. The van der Waals surface area contributed by atoms with E-state index in [1.807, 2.05) is 19.9 Å². The number of aryl methyl sites for hydroxylation is 1. The van der Waals surface area contributed by atoms with E-state index in [2.05, 4.69) is 21.2 Å². The van der Waals surface area contributed by atoms with Gasteiger partial charge in [-0.05, 0) is 61.7 Å². The number of hydrogen-bond donors (Lipinski definition) is 3. The molecular weight excluding hydrogens is 448 g/mol. The fraction of sp³-hybridized carbons (Fsp3) is 0.304. The van der Waals surface area contributed by atoms with Crippen molar-refractivity contribution in [1.29, 1.82) is 0 Å². The van der Waals surface area contributed by atoms with Crippen molar-refractivity contribution >= 4 is 41.2 Å². The fourth-order valence-electron chi connectivity index (χ4n) is 2.50. The highest BCUT2D eigenvalue weighted by molar-refractivity contribution is 6.35. The number of amides is 3. The van der Waals surface area contributed by atoms with Crippen molar-refractivity contribution in [3.63, 3.8) is 0 Å². The van der Waals surface area contributed by atoms with Gasteiger partial charge in [0.05, 0.1) is 13.3 Å². The lowest BCUT2D eigenvalue weighted by molar-refractivity contribution is -0.139. The molecule has 0 spiro atoms. The first-order valence-corrected chi connectivity index (χ1v) is 10.6. The topological polar surface area (TPSA) is 118 Å². The molecule has 0 saturated carbocycles. The van der Waals surface area contributed by atoms with Gasteiger partial charge in [-0.15, -0.1) is 0 Å². The second-order valence-corrected chi connectivity index (χ2v) is 7.60. The van der Waals surface area contributed by atoms with Gasteiger partial charge in [0, 0.05) is 16.8 Å². The molecule has 9 nitrogen and oxygen atoms in total. The first kappa shape index (κ1) is 25.7. The molecule has 2 rings (SSSR count). The Bertz CT molecular complexity index is 1040. The number of ether oxygens (including phenoxy) is 2. The second-order valence-electron chi connectivity index (χ2n) is 7.19. The average molecular weight is 475 g/mol. The molecule has 0 aliphatic heterocycles. The highest BCUT2D eigenvalue weighted by Gasteiger charge is 2.14. The smallest absolute Gasteiger partial charge is 0.329 e. The van der Waals surface area contributed by atoms with Crippen LogP contribution in [-0.4, -0.2) is 43.7 Å². The Morgan fingerprint density at radius 3 is 2.55 bits per heavy atom. The summed E-state index contributed by atoms with van der Waals surface area (Å²) in [4.78, 5) is 35.6. The molecule has 33 heavy (non-hydrogen) atoms. The summed E-state index contributed by atoms with van der Waals surface area (Å²) in [6, 6.07) is 9.99. The minimum atomic E-state index is -0.862. The van der Waals surface area contributed by atoms with Crippen LogP contribution >= 0.6 is 11.6 Å². The van der Waals surface area contributed by atoms with E-state index >= 15 is 0 Å². The fourth-order valence-corrected chi connectivity index (χ4v) is 2.68. The number of rotatable bonds is 9. The van der Waals surface area contributed by atoms with E-state index in [1.165, 1.54) is 13.3 Å². The van der Waals surface area contributed by atoms with Crippen molar-refractivity contribution in [2.24, 2.45) is 5.10 Å².